The van der Waals surface area contributed by atoms with Crippen molar-refractivity contribution in [3.8, 4) is 0 Å². The minimum Gasteiger partial charge on any atom is -0.340 e. The average Bonchev–Trinajstić information content (AvgIpc) is 3.45. The Labute approximate surface area is 160 Å². The number of carbonyl (C=O) groups is 3. The second-order valence-electron chi connectivity index (χ2n) is 8.04. The van der Waals surface area contributed by atoms with E-state index in [-0.39, 0.29) is 17.7 Å². The molecule has 1 aromatic rings. The molecule has 0 aromatic heterocycles. The molecule has 2 aliphatic heterocycles. The SMILES string of the molecule is Cc1ccc2c(c1)C(=O)N(CCCC(=O)N1CCN(CC3CC3)CC1)C2=O. The normalized spacial score (nSPS) is 20.3. The van der Waals surface area contributed by atoms with Crippen LogP contribution in [0.2, 0.25) is 0 Å². The van der Waals surface area contributed by atoms with E-state index in [9.17, 15) is 14.4 Å². The molecule has 0 unspecified atom stereocenters. The predicted molar refractivity (Wildman–Crippen MR) is 102 cm³/mol. The van der Waals surface area contributed by atoms with Crippen molar-refractivity contribution in [2.75, 3.05) is 39.3 Å². The minimum absolute atomic E-state index is 0.133. The number of hydrogen-bond donors (Lipinski definition) is 0. The van der Waals surface area contributed by atoms with E-state index >= 15 is 0 Å². The zero-order valence-electron chi connectivity index (χ0n) is 15.9. The first-order valence-corrected chi connectivity index (χ1v) is 10.00. The Kier molecular flexibility index (Phi) is 5.00. The molecule has 1 aromatic carbocycles. The Morgan fingerprint density at radius 1 is 1.04 bits per heavy atom. The van der Waals surface area contributed by atoms with Crippen molar-refractivity contribution in [2.45, 2.75) is 32.6 Å². The maximum absolute atomic E-state index is 12.5. The lowest BCUT2D eigenvalue weighted by Crippen LogP contribution is -2.49. The van der Waals surface area contributed by atoms with Gasteiger partial charge >= 0.3 is 0 Å². The summed E-state index contributed by atoms with van der Waals surface area (Å²) in [6, 6.07) is 5.33. The summed E-state index contributed by atoms with van der Waals surface area (Å²) in [6.45, 7) is 6.89. The fraction of sp³-hybridized carbons (Fsp3) is 0.571. The van der Waals surface area contributed by atoms with E-state index < -0.39 is 0 Å². The molecule has 3 aliphatic rings. The molecule has 6 heteroatoms. The topological polar surface area (TPSA) is 60.9 Å². The standard InChI is InChI=1S/C21H27N3O3/c1-15-4-7-17-18(13-15)21(27)24(20(17)26)8-2-3-19(25)23-11-9-22(10-12-23)14-16-5-6-16/h4,7,13,16H,2-3,5-6,8-12,14H2,1H3. The fourth-order valence-electron chi connectivity index (χ4n) is 4.00. The third kappa shape index (κ3) is 3.90. The van der Waals surface area contributed by atoms with Crippen molar-refractivity contribution < 1.29 is 14.4 Å². The molecule has 0 atom stereocenters. The third-order valence-corrected chi connectivity index (χ3v) is 5.84. The fourth-order valence-corrected chi connectivity index (χ4v) is 4.00. The summed E-state index contributed by atoms with van der Waals surface area (Å²) >= 11 is 0. The maximum atomic E-state index is 12.5. The van der Waals surface area contributed by atoms with Crippen LogP contribution in [0, 0.1) is 12.8 Å². The highest BCUT2D eigenvalue weighted by Gasteiger charge is 2.35. The van der Waals surface area contributed by atoms with E-state index in [2.05, 4.69) is 4.90 Å². The van der Waals surface area contributed by atoms with E-state index in [1.165, 1.54) is 24.3 Å². The van der Waals surface area contributed by atoms with E-state index in [1.807, 2.05) is 17.9 Å². The molecule has 4 rings (SSSR count). The van der Waals surface area contributed by atoms with Gasteiger partial charge in [-0.05, 0) is 44.2 Å². The number of carbonyl (C=O) groups excluding carboxylic acids is 3. The summed E-state index contributed by atoms with van der Waals surface area (Å²) in [5.41, 5.74) is 1.93. The molecule has 3 amide bonds. The van der Waals surface area contributed by atoms with Gasteiger partial charge in [0.25, 0.3) is 11.8 Å². The largest absolute Gasteiger partial charge is 0.340 e. The number of piperazine rings is 1. The van der Waals surface area contributed by atoms with Crippen molar-refractivity contribution in [1.82, 2.24) is 14.7 Å². The smallest absolute Gasteiger partial charge is 0.261 e. The lowest BCUT2D eigenvalue weighted by Gasteiger charge is -2.35. The van der Waals surface area contributed by atoms with Gasteiger partial charge in [-0.2, -0.15) is 0 Å². The van der Waals surface area contributed by atoms with Gasteiger partial charge in [0.1, 0.15) is 0 Å². The Morgan fingerprint density at radius 3 is 2.44 bits per heavy atom. The summed E-state index contributed by atoms with van der Waals surface area (Å²) in [5, 5.41) is 0. The van der Waals surface area contributed by atoms with Gasteiger partial charge in [-0.25, -0.2) is 0 Å². The number of benzene rings is 1. The lowest BCUT2D eigenvalue weighted by molar-refractivity contribution is -0.133. The van der Waals surface area contributed by atoms with Gasteiger partial charge in [0, 0.05) is 45.7 Å². The molecule has 1 aliphatic carbocycles. The Bertz CT molecular complexity index is 764. The highest BCUT2D eigenvalue weighted by atomic mass is 16.2. The van der Waals surface area contributed by atoms with Crippen molar-refractivity contribution in [3.63, 3.8) is 0 Å². The van der Waals surface area contributed by atoms with Crippen LogP contribution in [0.25, 0.3) is 0 Å². The molecular formula is C21H27N3O3. The molecule has 0 N–H and O–H groups in total. The molecular weight excluding hydrogens is 342 g/mol. The van der Waals surface area contributed by atoms with Crippen LogP contribution in [0.3, 0.4) is 0 Å². The molecule has 0 spiro atoms. The molecule has 1 saturated heterocycles. The summed E-state index contributed by atoms with van der Waals surface area (Å²) in [5.74, 6) is 0.542. The number of imide groups is 1. The first kappa shape index (κ1) is 18.2. The number of hydrogen-bond acceptors (Lipinski definition) is 4. The van der Waals surface area contributed by atoms with E-state index in [4.69, 9.17) is 0 Å². The molecule has 1 saturated carbocycles. The van der Waals surface area contributed by atoms with E-state index in [0.717, 1.165) is 37.7 Å². The zero-order chi connectivity index (χ0) is 19.0. The van der Waals surface area contributed by atoms with E-state index in [1.54, 1.807) is 12.1 Å². The molecule has 0 radical (unpaired) electrons. The second kappa shape index (κ2) is 7.43. The molecule has 6 nitrogen and oxygen atoms in total. The summed E-state index contributed by atoms with van der Waals surface area (Å²) < 4.78 is 0. The number of fused-ring (bicyclic) bond motifs is 1. The van der Waals surface area contributed by atoms with Gasteiger partial charge < -0.3 is 4.90 Å². The quantitative estimate of drug-likeness (QED) is 0.719. The van der Waals surface area contributed by atoms with E-state index in [0.29, 0.717) is 30.5 Å². The van der Waals surface area contributed by atoms with Crippen molar-refractivity contribution in [3.05, 3.63) is 34.9 Å². The van der Waals surface area contributed by atoms with Gasteiger partial charge in [0.2, 0.25) is 5.91 Å². The number of amides is 3. The molecule has 0 bridgehead atoms. The molecule has 144 valence electrons. The summed E-state index contributed by atoms with van der Waals surface area (Å²) in [4.78, 5) is 43.0. The molecule has 2 fully saturated rings. The van der Waals surface area contributed by atoms with Crippen LogP contribution in [-0.2, 0) is 4.79 Å². The first-order chi connectivity index (χ1) is 13.0. The molecule has 2 heterocycles. The van der Waals surface area contributed by atoms with Crippen molar-refractivity contribution in [2.24, 2.45) is 5.92 Å². The highest BCUT2D eigenvalue weighted by Crippen LogP contribution is 2.30. The van der Waals surface area contributed by atoms with Crippen LogP contribution >= 0.6 is 0 Å². The summed E-state index contributed by atoms with van der Waals surface area (Å²) in [6.07, 6.45) is 3.62. The number of rotatable bonds is 6. The van der Waals surface area contributed by atoms with Gasteiger partial charge in [-0.15, -0.1) is 0 Å². The Balaban J connectivity index is 1.23. The van der Waals surface area contributed by atoms with Gasteiger partial charge in [-0.1, -0.05) is 11.6 Å². The minimum atomic E-state index is -0.240. The van der Waals surface area contributed by atoms with Crippen molar-refractivity contribution >= 4 is 17.7 Å². The first-order valence-electron chi connectivity index (χ1n) is 10.00. The van der Waals surface area contributed by atoms with Gasteiger partial charge in [0.05, 0.1) is 11.1 Å². The lowest BCUT2D eigenvalue weighted by atomic mass is 10.1. The Hall–Kier alpha value is -2.21. The Morgan fingerprint density at radius 2 is 1.74 bits per heavy atom. The maximum Gasteiger partial charge on any atom is 0.261 e. The summed E-state index contributed by atoms with van der Waals surface area (Å²) in [7, 11) is 0. The monoisotopic (exact) mass is 369 g/mol. The third-order valence-electron chi connectivity index (χ3n) is 5.84. The highest BCUT2D eigenvalue weighted by molar-refractivity contribution is 6.21. The van der Waals surface area contributed by atoms with Crippen molar-refractivity contribution in [1.29, 1.82) is 0 Å². The van der Waals surface area contributed by atoms with Crippen LogP contribution in [0.4, 0.5) is 0 Å². The molecule has 27 heavy (non-hydrogen) atoms. The predicted octanol–water partition coefficient (Wildman–Crippen LogP) is 1.93. The van der Waals surface area contributed by atoms with Crippen LogP contribution in [0.15, 0.2) is 18.2 Å². The number of nitrogens with zero attached hydrogens (tertiary/aromatic N) is 3. The van der Waals surface area contributed by atoms with Crippen LogP contribution in [-0.4, -0.2) is 71.7 Å². The van der Waals surface area contributed by atoms with Gasteiger partial charge in [0.15, 0.2) is 0 Å². The zero-order valence-corrected chi connectivity index (χ0v) is 15.9. The number of aryl methyl sites for hydroxylation is 1. The average molecular weight is 369 g/mol. The van der Waals surface area contributed by atoms with Crippen LogP contribution in [0.5, 0.6) is 0 Å². The van der Waals surface area contributed by atoms with Crippen LogP contribution in [0.1, 0.15) is 52.0 Å². The van der Waals surface area contributed by atoms with Gasteiger partial charge in [-0.3, -0.25) is 24.2 Å². The van der Waals surface area contributed by atoms with Crippen LogP contribution < -0.4 is 0 Å². The second-order valence-corrected chi connectivity index (χ2v) is 8.04.